The molecule has 1 saturated heterocycles. The minimum atomic E-state index is 0.258. The number of nitrogens with one attached hydrogen (secondary N) is 1. The second-order valence-corrected chi connectivity index (χ2v) is 5.32. The molecule has 0 bridgehead atoms. The van der Waals surface area contributed by atoms with Gasteiger partial charge in [0.05, 0.1) is 18.4 Å². The van der Waals surface area contributed by atoms with Gasteiger partial charge in [-0.3, -0.25) is 0 Å². The van der Waals surface area contributed by atoms with Gasteiger partial charge in [0.15, 0.2) is 0 Å². The lowest BCUT2D eigenvalue weighted by molar-refractivity contribution is 0.100. The molecule has 2 heterocycles. The van der Waals surface area contributed by atoms with Crippen LogP contribution in [0.3, 0.4) is 0 Å². The van der Waals surface area contributed by atoms with Gasteiger partial charge in [0.25, 0.3) is 0 Å². The Morgan fingerprint density at radius 1 is 1.63 bits per heavy atom. The largest absolute Gasteiger partial charge is 0.383 e. The summed E-state index contributed by atoms with van der Waals surface area (Å²) in [7, 11) is 1.72. The standard InChI is InChI=1S/C14H25N3O2/c1-11-9-17(7-6-13-5-4-8-19-13)14(15-11)16-12(2)10-18-3/h9,12-13H,4-8,10H2,1-3H3,(H,15,16). The molecule has 2 atom stereocenters. The third-order valence-corrected chi connectivity index (χ3v) is 3.41. The van der Waals surface area contributed by atoms with Gasteiger partial charge in [0.2, 0.25) is 5.95 Å². The number of imidazole rings is 1. The number of rotatable bonds is 7. The summed E-state index contributed by atoms with van der Waals surface area (Å²) >= 11 is 0. The first kappa shape index (κ1) is 14.3. The molecule has 1 fully saturated rings. The summed E-state index contributed by atoms with van der Waals surface area (Å²) in [6, 6.07) is 0.258. The van der Waals surface area contributed by atoms with Crippen LogP contribution in [0.25, 0.3) is 0 Å². The quantitative estimate of drug-likeness (QED) is 0.823. The molecule has 1 N–H and O–H groups in total. The fourth-order valence-corrected chi connectivity index (χ4v) is 2.50. The zero-order valence-electron chi connectivity index (χ0n) is 12.2. The lowest BCUT2D eigenvalue weighted by atomic mass is 10.2. The van der Waals surface area contributed by atoms with Crippen LogP contribution in [0, 0.1) is 6.92 Å². The molecule has 1 aliphatic heterocycles. The Balaban J connectivity index is 1.91. The Hall–Kier alpha value is -1.07. The SMILES string of the molecule is COCC(C)Nc1nc(C)cn1CCC1CCCO1. The van der Waals surface area contributed by atoms with Crippen molar-refractivity contribution in [3.05, 3.63) is 11.9 Å². The number of ether oxygens (including phenoxy) is 2. The molecular formula is C14H25N3O2. The molecule has 5 heteroatoms. The van der Waals surface area contributed by atoms with Crippen LogP contribution < -0.4 is 5.32 Å². The first-order valence-corrected chi connectivity index (χ1v) is 7.10. The molecule has 108 valence electrons. The molecule has 0 aliphatic carbocycles. The maximum atomic E-state index is 5.67. The second kappa shape index (κ2) is 6.91. The van der Waals surface area contributed by atoms with Gasteiger partial charge in [0, 0.05) is 32.5 Å². The highest BCUT2D eigenvalue weighted by atomic mass is 16.5. The highest BCUT2D eigenvalue weighted by Crippen LogP contribution is 2.18. The Kier molecular flexibility index (Phi) is 5.22. The van der Waals surface area contributed by atoms with Crippen molar-refractivity contribution < 1.29 is 9.47 Å². The second-order valence-electron chi connectivity index (χ2n) is 5.32. The first-order valence-electron chi connectivity index (χ1n) is 7.10. The number of anilines is 1. The molecule has 0 aromatic carbocycles. The van der Waals surface area contributed by atoms with E-state index in [0.717, 1.165) is 31.2 Å². The van der Waals surface area contributed by atoms with Gasteiger partial charge < -0.3 is 19.4 Å². The first-order chi connectivity index (χ1) is 9.19. The van der Waals surface area contributed by atoms with E-state index in [1.165, 1.54) is 12.8 Å². The van der Waals surface area contributed by atoms with Crippen molar-refractivity contribution in [3.63, 3.8) is 0 Å². The van der Waals surface area contributed by atoms with Gasteiger partial charge in [0.1, 0.15) is 0 Å². The van der Waals surface area contributed by atoms with Crippen molar-refractivity contribution in [2.75, 3.05) is 25.6 Å². The number of aromatic nitrogens is 2. The minimum Gasteiger partial charge on any atom is -0.383 e. The minimum absolute atomic E-state index is 0.258. The summed E-state index contributed by atoms with van der Waals surface area (Å²) in [5, 5.41) is 3.39. The van der Waals surface area contributed by atoms with Crippen molar-refractivity contribution in [2.24, 2.45) is 0 Å². The highest BCUT2D eigenvalue weighted by molar-refractivity contribution is 5.30. The lowest BCUT2D eigenvalue weighted by Crippen LogP contribution is -2.23. The molecular weight excluding hydrogens is 242 g/mol. The molecule has 0 saturated carbocycles. The van der Waals surface area contributed by atoms with Crippen molar-refractivity contribution in [3.8, 4) is 0 Å². The zero-order valence-corrected chi connectivity index (χ0v) is 12.2. The third-order valence-electron chi connectivity index (χ3n) is 3.41. The van der Waals surface area contributed by atoms with Crippen LogP contribution >= 0.6 is 0 Å². The van der Waals surface area contributed by atoms with Crippen LogP contribution in [-0.4, -0.2) is 42.0 Å². The summed E-state index contributed by atoms with van der Waals surface area (Å²) in [4.78, 5) is 4.53. The summed E-state index contributed by atoms with van der Waals surface area (Å²) in [6.45, 7) is 6.67. The Bertz CT molecular complexity index is 386. The van der Waals surface area contributed by atoms with Gasteiger partial charge in [-0.2, -0.15) is 0 Å². The average Bonchev–Trinajstić information content (AvgIpc) is 2.97. The third kappa shape index (κ3) is 4.21. The smallest absolute Gasteiger partial charge is 0.203 e. The molecule has 19 heavy (non-hydrogen) atoms. The molecule has 1 aliphatic rings. The topological polar surface area (TPSA) is 48.3 Å². The van der Waals surface area contributed by atoms with Crippen LogP contribution in [0.15, 0.2) is 6.20 Å². The van der Waals surface area contributed by atoms with E-state index in [0.29, 0.717) is 12.7 Å². The summed E-state index contributed by atoms with van der Waals surface area (Å²) in [5.41, 5.74) is 1.04. The predicted molar refractivity (Wildman–Crippen MR) is 75.5 cm³/mol. The van der Waals surface area contributed by atoms with E-state index in [1.807, 2.05) is 6.92 Å². The molecule has 0 spiro atoms. The van der Waals surface area contributed by atoms with Gasteiger partial charge in [-0.1, -0.05) is 0 Å². The maximum Gasteiger partial charge on any atom is 0.203 e. The van der Waals surface area contributed by atoms with Crippen LogP contribution in [0.2, 0.25) is 0 Å². The van der Waals surface area contributed by atoms with E-state index in [-0.39, 0.29) is 6.04 Å². The zero-order chi connectivity index (χ0) is 13.7. The fraction of sp³-hybridized carbons (Fsp3) is 0.786. The normalized spacial score (nSPS) is 20.7. The van der Waals surface area contributed by atoms with E-state index < -0.39 is 0 Å². The lowest BCUT2D eigenvalue weighted by Gasteiger charge is -2.16. The number of hydrogen-bond donors (Lipinski definition) is 1. The van der Waals surface area contributed by atoms with E-state index in [2.05, 4.69) is 28.0 Å². The van der Waals surface area contributed by atoms with E-state index in [4.69, 9.17) is 9.47 Å². The summed E-state index contributed by atoms with van der Waals surface area (Å²) < 4.78 is 13.0. The molecule has 1 aromatic rings. The Morgan fingerprint density at radius 3 is 3.16 bits per heavy atom. The molecule has 1 aromatic heterocycles. The van der Waals surface area contributed by atoms with Crippen molar-refractivity contribution in [1.29, 1.82) is 0 Å². The van der Waals surface area contributed by atoms with Crippen molar-refractivity contribution in [2.45, 2.75) is 51.8 Å². The monoisotopic (exact) mass is 267 g/mol. The van der Waals surface area contributed by atoms with E-state index >= 15 is 0 Å². The summed E-state index contributed by atoms with van der Waals surface area (Å²) in [6.07, 6.45) is 5.96. The van der Waals surface area contributed by atoms with Crippen LogP contribution in [0.5, 0.6) is 0 Å². The van der Waals surface area contributed by atoms with E-state index in [1.54, 1.807) is 7.11 Å². The fourth-order valence-electron chi connectivity index (χ4n) is 2.50. The van der Waals surface area contributed by atoms with E-state index in [9.17, 15) is 0 Å². The highest BCUT2D eigenvalue weighted by Gasteiger charge is 2.16. The summed E-state index contributed by atoms with van der Waals surface area (Å²) in [5.74, 6) is 0.931. The maximum absolute atomic E-state index is 5.67. The molecule has 0 amide bonds. The molecule has 0 radical (unpaired) electrons. The van der Waals surface area contributed by atoms with Crippen LogP contribution in [0.1, 0.15) is 31.9 Å². The molecule has 2 rings (SSSR count). The molecule has 5 nitrogen and oxygen atoms in total. The number of aryl methyl sites for hydroxylation is 2. The molecule has 2 unspecified atom stereocenters. The average molecular weight is 267 g/mol. The van der Waals surface area contributed by atoms with Crippen LogP contribution in [-0.2, 0) is 16.0 Å². The van der Waals surface area contributed by atoms with Crippen LogP contribution in [0.4, 0.5) is 5.95 Å². The van der Waals surface area contributed by atoms with Gasteiger partial charge in [-0.25, -0.2) is 4.98 Å². The Labute approximate surface area is 115 Å². The number of nitrogens with zero attached hydrogens (tertiary/aromatic N) is 2. The number of hydrogen-bond acceptors (Lipinski definition) is 4. The van der Waals surface area contributed by atoms with Gasteiger partial charge in [-0.05, 0) is 33.1 Å². The van der Waals surface area contributed by atoms with Gasteiger partial charge in [-0.15, -0.1) is 0 Å². The van der Waals surface area contributed by atoms with Crippen molar-refractivity contribution >= 4 is 5.95 Å². The number of methoxy groups -OCH3 is 1. The Morgan fingerprint density at radius 2 is 2.47 bits per heavy atom. The predicted octanol–water partition coefficient (Wildman–Crippen LogP) is 2.21. The van der Waals surface area contributed by atoms with Crippen molar-refractivity contribution in [1.82, 2.24) is 9.55 Å². The van der Waals surface area contributed by atoms with Gasteiger partial charge >= 0.3 is 0 Å².